The van der Waals surface area contributed by atoms with Crippen molar-refractivity contribution in [3.63, 3.8) is 0 Å². The number of methoxy groups -OCH3 is 1. The zero-order chi connectivity index (χ0) is 25.3. The fourth-order valence-electron chi connectivity index (χ4n) is 1.94. The molecular weight excluding hydrogens is 470 g/mol. The monoisotopic (exact) mass is 502 g/mol. The third-order valence-electron chi connectivity index (χ3n) is 3.68. The van der Waals surface area contributed by atoms with Crippen molar-refractivity contribution in [2.24, 2.45) is 0 Å². The van der Waals surface area contributed by atoms with Gasteiger partial charge in [-0.05, 0) is 73.9 Å². The molecule has 178 valence electrons. The summed E-state index contributed by atoms with van der Waals surface area (Å²) in [6, 6.07) is 15.2. The smallest absolute Gasteiger partial charge is 0.127 e. The van der Waals surface area contributed by atoms with Gasteiger partial charge in [0.25, 0.3) is 0 Å². The van der Waals surface area contributed by atoms with E-state index in [1.165, 1.54) is 12.1 Å². The number of hydrogen-bond donors (Lipinski definition) is 1. The molecular formula is C26H34Cl3FO2. The minimum Gasteiger partial charge on any atom is -0.508 e. The van der Waals surface area contributed by atoms with Gasteiger partial charge in [-0.25, -0.2) is 4.39 Å². The molecule has 6 heteroatoms. The van der Waals surface area contributed by atoms with Crippen LogP contribution in [0.2, 0.25) is 15.1 Å². The summed E-state index contributed by atoms with van der Waals surface area (Å²) in [6.45, 7) is 13.5. The van der Waals surface area contributed by atoms with Crippen LogP contribution < -0.4 is 4.74 Å². The van der Waals surface area contributed by atoms with Gasteiger partial charge < -0.3 is 9.84 Å². The van der Waals surface area contributed by atoms with E-state index in [1.54, 1.807) is 44.4 Å². The van der Waals surface area contributed by atoms with E-state index < -0.39 is 0 Å². The van der Waals surface area contributed by atoms with Gasteiger partial charge in [-0.2, -0.15) is 0 Å². The SMILES string of the molecule is CC.CC.COc1cc(Cl)ccc1C.Cc1ccc(Cl)cc1F.Cc1ccc(Cl)cc1O. The van der Waals surface area contributed by atoms with Crippen LogP contribution in [-0.2, 0) is 0 Å². The third-order valence-corrected chi connectivity index (χ3v) is 4.38. The molecule has 3 rings (SSSR count). The first-order valence-corrected chi connectivity index (χ1v) is 11.4. The molecule has 0 aliphatic carbocycles. The van der Waals surface area contributed by atoms with Crippen molar-refractivity contribution in [1.82, 2.24) is 0 Å². The summed E-state index contributed by atoms with van der Waals surface area (Å²) >= 11 is 16.7. The first-order valence-electron chi connectivity index (χ1n) is 10.3. The summed E-state index contributed by atoms with van der Waals surface area (Å²) in [7, 11) is 1.64. The molecule has 0 aliphatic heterocycles. The van der Waals surface area contributed by atoms with Crippen LogP contribution in [0.15, 0.2) is 54.6 Å². The quantitative estimate of drug-likeness (QED) is 0.358. The Morgan fingerprint density at radius 2 is 1.06 bits per heavy atom. The molecule has 0 amide bonds. The Morgan fingerprint density at radius 1 is 0.656 bits per heavy atom. The Kier molecular flexibility index (Phi) is 18.8. The molecule has 2 nitrogen and oxygen atoms in total. The standard InChI is InChI=1S/C8H9ClO.C7H6ClF.C7H7ClO.2C2H6/c1-6-3-4-7(9)5-8(6)10-2;2*1-5-2-3-6(8)4-7(5)9;2*1-2/h3-5H,1-2H3;2-4H,1H3;2-4,9H,1H3;2*1-2H3. The van der Waals surface area contributed by atoms with E-state index >= 15 is 0 Å². The number of phenols is 1. The van der Waals surface area contributed by atoms with E-state index in [2.05, 4.69) is 0 Å². The van der Waals surface area contributed by atoms with Crippen LogP contribution in [0.5, 0.6) is 11.5 Å². The summed E-state index contributed by atoms with van der Waals surface area (Å²) in [4.78, 5) is 0. The maximum Gasteiger partial charge on any atom is 0.127 e. The van der Waals surface area contributed by atoms with Gasteiger partial charge in [-0.1, -0.05) is 80.7 Å². The third kappa shape index (κ3) is 13.5. The number of phenolic OH excluding ortho intramolecular Hbond substituents is 1. The lowest BCUT2D eigenvalue weighted by molar-refractivity contribution is 0.412. The minimum atomic E-state index is -0.248. The summed E-state index contributed by atoms with van der Waals surface area (Å²) in [5, 5.41) is 10.7. The molecule has 0 radical (unpaired) electrons. The first-order chi connectivity index (χ1) is 15.1. The first kappa shape index (κ1) is 32.2. The van der Waals surface area contributed by atoms with Gasteiger partial charge >= 0.3 is 0 Å². The lowest BCUT2D eigenvalue weighted by Crippen LogP contribution is -1.85. The van der Waals surface area contributed by atoms with Crippen molar-refractivity contribution in [3.8, 4) is 11.5 Å². The zero-order valence-corrected chi connectivity index (χ0v) is 22.3. The fraction of sp³-hybridized carbons (Fsp3) is 0.308. The molecule has 0 aliphatic rings. The lowest BCUT2D eigenvalue weighted by atomic mass is 10.2. The number of aryl methyl sites for hydroxylation is 3. The van der Waals surface area contributed by atoms with Crippen LogP contribution in [0.3, 0.4) is 0 Å². The number of benzene rings is 3. The van der Waals surface area contributed by atoms with Gasteiger partial charge in [-0.3, -0.25) is 0 Å². The molecule has 0 bridgehead atoms. The molecule has 0 atom stereocenters. The second kappa shape index (κ2) is 18.6. The van der Waals surface area contributed by atoms with E-state index in [0.29, 0.717) is 20.6 Å². The van der Waals surface area contributed by atoms with E-state index in [4.69, 9.17) is 44.6 Å². The van der Waals surface area contributed by atoms with Gasteiger partial charge in [0.15, 0.2) is 0 Å². The van der Waals surface area contributed by atoms with Crippen LogP contribution in [0.25, 0.3) is 0 Å². The molecule has 32 heavy (non-hydrogen) atoms. The van der Waals surface area contributed by atoms with Crippen LogP contribution >= 0.6 is 34.8 Å². The second-order valence-corrected chi connectivity index (χ2v) is 7.25. The maximum absolute atomic E-state index is 12.5. The van der Waals surface area contributed by atoms with Crippen molar-refractivity contribution in [2.75, 3.05) is 7.11 Å². The molecule has 3 aromatic carbocycles. The van der Waals surface area contributed by atoms with E-state index in [1.807, 2.05) is 53.7 Å². The predicted octanol–water partition coefficient (Wildman–Crippen LogP) is 9.85. The van der Waals surface area contributed by atoms with Crippen molar-refractivity contribution in [1.29, 1.82) is 0 Å². The molecule has 0 spiro atoms. The fourth-order valence-corrected chi connectivity index (χ4v) is 2.43. The Labute approximate surface area is 207 Å². The zero-order valence-electron chi connectivity index (χ0n) is 20.1. The molecule has 0 saturated carbocycles. The lowest BCUT2D eigenvalue weighted by Gasteiger charge is -2.02. The highest BCUT2D eigenvalue weighted by Gasteiger charge is 1.96. The second-order valence-electron chi connectivity index (χ2n) is 5.94. The number of aromatic hydroxyl groups is 1. The van der Waals surface area contributed by atoms with Crippen molar-refractivity contribution in [3.05, 3.63) is 92.2 Å². The predicted molar refractivity (Wildman–Crippen MR) is 139 cm³/mol. The molecule has 0 saturated heterocycles. The van der Waals surface area contributed by atoms with Crippen molar-refractivity contribution in [2.45, 2.75) is 48.5 Å². The Bertz CT molecular complexity index is 866. The van der Waals surface area contributed by atoms with Gasteiger partial charge in [0.05, 0.1) is 7.11 Å². The summed E-state index contributed by atoms with van der Waals surface area (Å²) in [5.74, 6) is 0.845. The molecule has 0 aromatic heterocycles. The Balaban J connectivity index is 0. The molecule has 0 unspecified atom stereocenters. The van der Waals surface area contributed by atoms with Gasteiger partial charge in [0, 0.05) is 15.1 Å². The largest absolute Gasteiger partial charge is 0.508 e. The number of rotatable bonds is 1. The van der Waals surface area contributed by atoms with E-state index in [-0.39, 0.29) is 11.6 Å². The average molecular weight is 504 g/mol. The van der Waals surface area contributed by atoms with Crippen LogP contribution in [0.4, 0.5) is 4.39 Å². The highest BCUT2D eigenvalue weighted by atomic mass is 35.5. The highest BCUT2D eigenvalue weighted by molar-refractivity contribution is 6.31. The Morgan fingerprint density at radius 3 is 1.41 bits per heavy atom. The van der Waals surface area contributed by atoms with Crippen LogP contribution in [0.1, 0.15) is 44.4 Å². The summed E-state index contributed by atoms with van der Waals surface area (Å²) in [5.41, 5.74) is 2.57. The Hall–Kier alpha value is -1.94. The maximum atomic E-state index is 12.5. The molecule has 0 fully saturated rings. The molecule has 0 heterocycles. The number of ether oxygens (including phenoxy) is 1. The minimum absolute atomic E-state index is 0.248. The highest BCUT2D eigenvalue weighted by Crippen LogP contribution is 2.21. The topological polar surface area (TPSA) is 29.5 Å². The molecule has 3 aromatic rings. The van der Waals surface area contributed by atoms with Crippen LogP contribution in [-0.4, -0.2) is 12.2 Å². The van der Waals surface area contributed by atoms with Gasteiger partial charge in [0.1, 0.15) is 17.3 Å². The molecule has 1 N–H and O–H groups in total. The van der Waals surface area contributed by atoms with E-state index in [9.17, 15) is 4.39 Å². The van der Waals surface area contributed by atoms with Crippen molar-refractivity contribution < 1.29 is 14.2 Å². The summed E-state index contributed by atoms with van der Waals surface area (Å²) < 4.78 is 17.5. The van der Waals surface area contributed by atoms with Gasteiger partial charge in [-0.15, -0.1) is 0 Å². The van der Waals surface area contributed by atoms with E-state index in [0.717, 1.165) is 16.9 Å². The van der Waals surface area contributed by atoms with Crippen LogP contribution in [0, 0.1) is 26.6 Å². The van der Waals surface area contributed by atoms with Gasteiger partial charge in [0.2, 0.25) is 0 Å². The normalized spacial score (nSPS) is 8.75. The number of hydrogen-bond acceptors (Lipinski definition) is 2. The number of halogens is 4. The average Bonchev–Trinajstić information content (AvgIpc) is 2.79. The summed E-state index contributed by atoms with van der Waals surface area (Å²) in [6.07, 6.45) is 0. The van der Waals surface area contributed by atoms with Crippen molar-refractivity contribution >= 4 is 34.8 Å².